The Morgan fingerprint density at radius 1 is 0.737 bits per heavy atom. The van der Waals surface area contributed by atoms with Crippen LogP contribution in [0.4, 0.5) is 0 Å². The first-order valence-corrected chi connectivity index (χ1v) is 9.47. The molecule has 0 amide bonds. The van der Waals surface area contributed by atoms with Crippen LogP contribution in [0.25, 0.3) is 0 Å². The van der Waals surface area contributed by atoms with Crippen molar-refractivity contribution in [2.75, 3.05) is 5.75 Å². The van der Waals surface area contributed by atoms with Crippen LogP contribution in [0.5, 0.6) is 0 Å². The van der Waals surface area contributed by atoms with Crippen LogP contribution >= 0.6 is 0 Å². The fourth-order valence-corrected chi connectivity index (χ4v) is 2.89. The molecule has 0 aromatic carbocycles. The maximum Gasteiger partial charge on any atom is 0.224 e. The first-order valence-electron chi connectivity index (χ1n) is 7.82. The third-order valence-electron chi connectivity index (χ3n) is 3.45. The van der Waals surface area contributed by atoms with Gasteiger partial charge in [-0.15, -0.1) is 0 Å². The van der Waals surface area contributed by atoms with Crippen molar-refractivity contribution in [1.82, 2.24) is 4.83 Å². The fraction of sp³-hybridized carbons (Fsp3) is 1.00. The van der Waals surface area contributed by atoms with Crippen molar-refractivity contribution in [3.05, 3.63) is 0 Å². The molecule has 0 aromatic rings. The van der Waals surface area contributed by atoms with Gasteiger partial charge in [0.25, 0.3) is 0 Å². The smallest absolute Gasteiger partial charge is 0.224 e. The van der Waals surface area contributed by atoms with Crippen LogP contribution in [0.15, 0.2) is 0 Å². The Kier molecular flexibility index (Phi) is 12.8. The summed E-state index contributed by atoms with van der Waals surface area (Å²) in [5, 5.41) is 0. The van der Waals surface area contributed by atoms with E-state index in [9.17, 15) is 8.42 Å². The van der Waals surface area contributed by atoms with Crippen LogP contribution in [0.3, 0.4) is 0 Å². The predicted molar refractivity (Wildman–Crippen MR) is 82.2 cm³/mol. The summed E-state index contributed by atoms with van der Waals surface area (Å²) in [6.07, 6.45) is 14.9. The lowest BCUT2D eigenvalue weighted by atomic mass is 10.1. The van der Waals surface area contributed by atoms with E-state index in [-0.39, 0.29) is 5.75 Å². The van der Waals surface area contributed by atoms with Gasteiger partial charge < -0.3 is 0 Å². The molecule has 5 heteroatoms. The zero-order valence-electron chi connectivity index (χ0n) is 12.5. The number of rotatable bonds is 14. The van der Waals surface area contributed by atoms with Crippen molar-refractivity contribution in [1.29, 1.82) is 0 Å². The largest absolute Gasteiger partial charge is 0.258 e. The minimum absolute atomic E-state index is 0.154. The average molecular weight is 292 g/mol. The molecule has 0 saturated carbocycles. The summed E-state index contributed by atoms with van der Waals surface area (Å²) in [5.74, 6) is 5.06. The molecular weight excluding hydrogens is 260 g/mol. The summed E-state index contributed by atoms with van der Waals surface area (Å²) < 4.78 is 22.1. The lowest BCUT2D eigenvalue weighted by Crippen LogP contribution is -2.32. The molecule has 0 fully saturated rings. The molecule has 0 atom stereocenters. The molecule has 4 nitrogen and oxygen atoms in total. The number of hydrogen-bond donors (Lipinski definition) is 2. The molecule has 0 aliphatic carbocycles. The third-order valence-corrected chi connectivity index (χ3v) is 4.63. The number of hydrogen-bond acceptors (Lipinski definition) is 3. The van der Waals surface area contributed by atoms with Gasteiger partial charge in [-0.2, -0.15) is 4.83 Å². The van der Waals surface area contributed by atoms with Crippen molar-refractivity contribution in [2.45, 2.75) is 84.0 Å². The molecule has 3 N–H and O–H groups in total. The van der Waals surface area contributed by atoms with Crippen molar-refractivity contribution in [2.24, 2.45) is 5.84 Å². The molecule has 0 aromatic heterocycles. The molecule has 0 aliphatic rings. The number of sulfonamides is 1. The molecule has 0 radical (unpaired) electrons. The molecule has 0 unspecified atom stereocenters. The van der Waals surface area contributed by atoms with E-state index in [1.54, 1.807) is 0 Å². The number of unbranched alkanes of at least 4 members (excludes halogenated alkanes) is 11. The molecule has 116 valence electrons. The first-order chi connectivity index (χ1) is 9.12. The monoisotopic (exact) mass is 292 g/mol. The van der Waals surface area contributed by atoms with Crippen LogP contribution < -0.4 is 10.7 Å². The Hall–Kier alpha value is -0.130. The zero-order valence-corrected chi connectivity index (χ0v) is 13.3. The summed E-state index contributed by atoms with van der Waals surface area (Å²) in [6.45, 7) is 2.24. The number of nitrogens with one attached hydrogen (secondary N) is 1. The lowest BCUT2D eigenvalue weighted by Gasteiger charge is -2.03. The van der Waals surface area contributed by atoms with E-state index in [4.69, 9.17) is 5.84 Å². The highest BCUT2D eigenvalue weighted by atomic mass is 32.2. The van der Waals surface area contributed by atoms with Gasteiger partial charge in [0.2, 0.25) is 10.0 Å². The van der Waals surface area contributed by atoms with Crippen LogP contribution in [-0.2, 0) is 10.0 Å². The predicted octanol–water partition coefficient (Wildman–Crippen LogP) is 3.48. The molecule has 0 aliphatic heterocycles. The van der Waals surface area contributed by atoms with Crippen LogP contribution in [0.1, 0.15) is 84.0 Å². The molecule has 0 rings (SSSR count). The number of nitrogens with two attached hydrogens (primary N) is 1. The summed E-state index contributed by atoms with van der Waals surface area (Å²) >= 11 is 0. The second-order valence-electron chi connectivity index (χ2n) is 5.33. The minimum Gasteiger partial charge on any atom is -0.258 e. The minimum atomic E-state index is -3.20. The van der Waals surface area contributed by atoms with Gasteiger partial charge in [0, 0.05) is 0 Å². The van der Waals surface area contributed by atoms with E-state index < -0.39 is 10.0 Å². The maximum absolute atomic E-state index is 11.0. The van der Waals surface area contributed by atoms with Gasteiger partial charge in [0.1, 0.15) is 0 Å². The van der Waals surface area contributed by atoms with Gasteiger partial charge in [0.15, 0.2) is 0 Å². The Morgan fingerprint density at radius 2 is 1.11 bits per heavy atom. The van der Waals surface area contributed by atoms with E-state index >= 15 is 0 Å². The molecular formula is C14H32N2O2S. The Morgan fingerprint density at radius 3 is 1.47 bits per heavy atom. The topological polar surface area (TPSA) is 72.2 Å². The highest BCUT2D eigenvalue weighted by Crippen LogP contribution is 2.12. The van der Waals surface area contributed by atoms with Gasteiger partial charge in [-0.1, -0.05) is 77.6 Å². The molecule has 0 saturated heterocycles. The van der Waals surface area contributed by atoms with E-state index in [2.05, 4.69) is 6.92 Å². The summed E-state index contributed by atoms with van der Waals surface area (Å²) in [5.41, 5.74) is 0. The van der Waals surface area contributed by atoms with Gasteiger partial charge in [0.05, 0.1) is 5.75 Å². The zero-order chi connectivity index (χ0) is 14.4. The highest BCUT2D eigenvalue weighted by molar-refractivity contribution is 7.89. The standard InChI is InChI=1S/C14H32N2O2S/c1-2-3-4-5-6-7-8-9-10-11-12-13-14-19(17,18)16-15/h16H,2-15H2,1H3. The van der Waals surface area contributed by atoms with Crippen LogP contribution in [0.2, 0.25) is 0 Å². The normalized spacial score (nSPS) is 11.9. The highest BCUT2D eigenvalue weighted by Gasteiger charge is 2.05. The summed E-state index contributed by atoms with van der Waals surface area (Å²) in [4.78, 5) is 1.85. The van der Waals surface area contributed by atoms with Crippen molar-refractivity contribution in [3.8, 4) is 0 Å². The van der Waals surface area contributed by atoms with Crippen molar-refractivity contribution < 1.29 is 8.42 Å². The second kappa shape index (κ2) is 12.9. The summed E-state index contributed by atoms with van der Waals surface area (Å²) in [6, 6.07) is 0. The third kappa shape index (κ3) is 14.1. The Bertz CT molecular complexity index is 279. The molecule has 0 heterocycles. The molecule has 0 spiro atoms. The quantitative estimate of drug-likeness (QED) is 0.292. The number of hydrazine groups is 1. The fourth-order valence-electron chi connectivity index (χ4n) is 2.19. The SMILES string of the molecule is CCCCCCCCCCCCCCS(=O)(=O)NN. The Balaban J connectivity index is 3.11. The lowest BCUT2D eigenvalue weighted by molar-refractivity contribution is 0.544. The van der Waals surface area contributed by atoms with Gasteiger partial charge in [-0.25, -0.2) is 8.42 Å². The van der Waals surface area contributed by atoms with Crippen LogP contribution in [-0.4, -0.2) is 14.2 Å². The van der Waals surface area contributed by atoms with Crippen molar-refractivity contribution in [3.63, 3.8) is 0 Å². The van der Waals surface area contributed by atoms with Gasteiger partial charge in [-0.3, -0.25) is 5.84 Å². The van der Waals surface area contributed by atoms with E-state index in [0.29, 0.717) is 6.42 Å². The Labute approximate surface area is 119 Å². The average Bonchev–Trinajstić information content (AvgIpc) is 2.40. The maximum atomic E-state index is 11.0. The molecule has 19 heavy (non-hydrogen) atoms. The van der Waals surface area contributed by atoms with Gasteiger partial charge >= 0.3 is 0 Å². The van der Waals surface area contributed by atoms with E-state index in [1.807, 2.05) is 4.83 Å². The van der Waals surface area contributed by atoms with Gasteiger partial charge in [-0.05, 0) is 6.42 Å². The molecule has 0 bridgehead atoms. The first kappa shape index (κ1) is 18.9. The van der Waals surface area contributed by atoms with E-state index in [0.717, 1.165) is 12.8 Å². The van der Waals surface area contributed by atoms with Crippen molar-refractivity contribution >= 4 is 10.0 Å². The summed E-state index contributed by atoms with van der Waals surface area (Å²) in [7, 11) is -3.20. The van der Waals surface area contributed by atoms with Crippen LogP contribution in [0, 0.1) is 0 Å². The second-order valence-corrected chi connectivity index (χ2v) is 7.20. The van der Waals surface area contributed by atoms with E-state index in [1.165, 1.54) is 57.8 Å².